The highest BCUT2D eigenvalue weighted by atomic mass is 32.1. The highest BCUT2D eigenvalue weighted by Crippen LogP contribution is 2.20. The molecule has 0 unspecified atom stereocenters. The zero-order valence-corrected chi connectivity index (χ0v) is 10.7. The van der Waals surface area contributed by atoms with E-state index >= 15 is 0 Å². The summed E-state index contributed by atoms with van der Waals surface area (Å²) in [5.41, 5.74) is 0. The lowest BCUT2D eigenvalue weighted by Crippen LogP contribution is -2.06. The molecule has 0 fully saturated rings. The largest absolute Gasteiger partial charge is 0.369 e. The molecule has 4 heteroatoms. The molecule has 3 aromatic rings. The van der Waals surface area contributed by atoms with E-state index in [1.807, 2.05) is 36.0 Å². The third-order valence-corrected chi connectivity index (χ3v) is 3.63. The summed E-state index contributed by atoms with van der Waals surface area (Å²) in [5, 5.41) is 8.92. The summed E-state index contributed by atoms with van der Waals surface area (Å²) in [6.07, 6.45) is 4.62. The maximum absolute atomic E-state index is 4.40. The molecule has 0 saturated heterocycles. The molecule has 2 heterocycles. The van der Waals surface area contributed by atoms with Crippen LogP contribution >= 0.6 is 11.3 Å². The maximum atomic E-state index is 4.40. The van der Waals surface area contributed by atoms with E-state index < -0.39 is 0 Å². The third kappa shape index (κ3) is 2.33. The summed E-state index contributed by atoms with van der Waals surface area (Å²) in [6, 6.07) is 10.3. The zero-order chi connectivity index (χ0) is 12.2. The number of thiazole rings is 1. The molecular weight excluding hydrogens is 242 g/mol. The number of rotatable bonds is 4. The molecule has 0 aliphatic rings. The number of fused-ring (bicyclic) bond motifs is 1. The molecule has 0 radical (unpaired) electrons. The minimum atomic E-state index is 0.856. The van der Waals surface area contributed by atoms with Crippen molar-refractivity contribution in [3.63, 3.8) is 0 Å². The van der Waals surface area contributed by atoms with Crippen LogP contribution in [0.4, 0.5) is 5.82 Å². The molecular formula is C14H13N3S. The number of pyridine rings is 1. The topological polar surface area (TPSA) is 37.8 Å². The predicted molar refractivity (Wildman–Crippen MR) is 76.1 cm³/mol. The quantitative estimate of drug-likeness (QED) is 0.777. The van der Waals surface area contributed by atoms with E-state index in [4.69, 9.17) is 0 Å². The summed E-state index contributed by atoms with van der Waals surface area (Å²) in [4.78, 5) is 8.67. The van der Waals surface area contributed by atoms with Gasteiger partial charge in [0.25, 0.3) is 0 Å². The van der Waals surface area contributed by atoms with Gasteiger partial charge in [-0.15, -0.1) is 11.3 Å². The van der Waals surface area contributed by atoms with Crippen LogP contribution in [0.3, 0.4) is 0 Å². The van der Waals surface area contributed by atoms with Crippen LogP contribution in [0.1, 0.15) is 5.01 Å². The predicted octanol–water partition coefficient (Wildman–Crippen LogP) is 3.35. The number of benzene rings is 1. The Morgan fingerprint density at radius 3 is 2.89 bits per heavy atom. The Bertz CT molecular complexity index is 629. The van der Waals surface area contributed by atoms with Crippen LogP contribution in [-0.4, -0.2) is 16.5 Å². The number of anilines is 1. The lowest BCUT2D eigenvalue weighted by atomic mass is 10.1. The summed E-state index contributed by atoms with van der Waals surface area (Å²) in [6.45, 7) is 0.856. The Hall–Kier alpha value is -1.94. The molecule has 0 spiro atoms. The summed E-state index contributed by atoms with van der Waals surface area (Å²) in [5.74, 6) is 0.949. The Morgan fingerprint density at radius 1 is 1.06 bits per heavy atom. The van der Waals surface area contributed by atoms with Crippen LogP contribution in [-0.2, 0) is 6.42 Å². The molecule has 0 bridgehead atoms. The van der Waals surface area contributed by atoms with Crippen LogP contribution in [0.2, 0.25) is 0 Å². The van der Waals surface area contributed by atoms with Crippen molar-refractivity contribution >= 4 is 27.9 Å². The van der Waals surface area contributed by atoms with Crippen molar-refractivity contribution < 1.29 is 0 Å². The second-order valence-electron chi connectivity index (χ2n) is 3.98. The average molecular weight is 255 g/mol. The fraction of sp³-hybridized carbons (Fsp3) is 0.143. The number of nitrogens with one attached hydrogen (secondary N) is 1. The number of hydrogen-bond acceptors (Lipinski definition) is 4. The van der Waals surface area contributed by atoms with Crippen molar-refractivity contribution in [3.8, 4) is 0 Å². The number of hydrogen-bond donors (Lipinski definition) is 1. The van der Waals surface area contributed by atoms with Crippen molar-refractivity contribution in [2.24, 2.45) is 0 Å². The first-order valence-electron chi connectivity index (χ1n) is 5.89. The highest BCUT2D eigenvalue weighted by Gasteiger charge is 2.01. The van der Waals surface area contributed by atoms with Gasteiger partial charge in [-0.25, -0.2) is 9.97 Å². The molecule has 0 aliphatic heterocycles. The van der Waals surface area contributed by atoms with Crippen LogP contribution in [0.25, 0.3) is 10.8 Å². The van der Waals surface area contributed by atoms with E-state index in [0.717, 1.165) is 23.8 Å². The first kappa shape index (κ1) is 11.2. The normalized spacial score (nSPS) is 10.7. The number of aromatic nitrogens is 2. The van der Waals surface area contributed by atoms with Gasteiger partial charge < -0.3 is 5.32 Å². The second-order valence-corrected chi connectivity index (χ2v) is 4.96. The molecule has 2 aromatic heterocycles. The number of nitrogens with zero attached hydrogens (tertiary/aromatic N) is 2. The van der Waals surface area contributed by atoms with Gasteiger partial charge in [0.15, 0.2) is 0 Å². The molecule has 3 nitrogen and oxygen atoms in total. The standard InChI is InChI=1S/C14H13N3S/c1-2-4-12-11(3-1)5-7-16-14(12)17-8-6-13-15-9-10-18-13/h1-5,7,9-10H,6,8H2,(H,16,17). The first-order valence-corrected chi connectivity index (χ1v) is 6.77. The lowest BCUT2D eigenvalue weighted by molar-refractivity contribution is 0.990. The van der Waals surface area contributed by atoms with Gasteiger partial charge in [0.2, 0.25) is 0 Å². The van der Waals surface area contributed by atoms with Crippen LogP contribution < -0.4 is 5.32 Å². The summed E-state index contributed by atoms with van der Waals surface area (Å²) >= 11 is 1.69. The van der Waals surface area contributed by atoms with Gasteiger partial charge in [-0.05, 0) is 11.5 Å². The molecule has 1 aromatic carbocycles. The van der Waals surface area contributed by atoms with Gasteiger partial charge in [0.1, 0.15) is 5.82 Å². The average Bonchev–Trinajstić information content (AvgIpc) is 2.92. The van der Waals surface area contributed by atoms with Crippen molar-refractivity contribution in [1.29, 1.82) is 0 Å². The second kappa shape index (κ2) is 5.14. The molecule has 3 rings (SSSR count). The maximum Gasteiger partial charge on any atom is 0.133 e. The fourth-order valence-electron chi connectivity index (χ4n) is 1.92. The van der Waals surface area contributed by atoms with Crippen LogP contribution in [0.5, 0.6) is 0 Å². The molecule has 0 atom stereocenters. The molecule has 18 heavy (non-hydrogen) atoms. The van der Waals surface area contributed by atoms with Crippen molar-refractivity contribution in [3.05, 3.63) is 53.1 Å². The van der Waals surface area contributed by atoms with Crippen molar-refractivity contribution in [2.75, 3.05) is 11.9 Å². The van der Waals surface area contributed by atoms with Gasteiger partial charge in [0, 0.05) is 36.1 Å². The van der Waals surface area contributed by atoms with E-state index in [9.17, 15) is 0 Å². The molecule has 1 N–H and O–H groups in total. The molecule has 0 amide bonds. The van der Waals surface area contributed by atoms with Crippen LogP contribution in [0.15, 0.2) is 48.1 Å². The molecule has 90 valence electrons. The molecule has 0 saturated carbocycles. The van der Waals surface area contributed by atoms with E-state index in [1.54, 1.807) is 11.3 Å². The Morgan fingerprint density at radius 2 is 2.00 bits per heavy atom. The monoisotopic (exact) mass is 255 g/mol. The van der Waals surface area contributed by atoms with Gasteiger partial charge >= 0.3 is 0 Å². The minimum Gasteiger partial charge on any atom is -0.369 e. The zero-order valence-electron chi connectivity index (χ0n) is 9.84. The summed E-state index contributed by atoms with van der Waals surface area (Å²) in [7, 11) is 0. The fourth-order valence-corrected chi connectivity index (χ4v) is 2.55. The summed E-state index contributed by atoms with van der Waals surface area (Å²) < 4.78 is 0. The third-order valence-electron chi connectivity index (χ3n) is 2.79. The van der Waals surface area contributed by atoms with E-state index in [0.29, 0.717) is 0 Å². The minimum absolute atomic E-state index is 0.856. The Labute approximate surface area is 110 Å². The highest BCUT2D eigenvalue weighted by molar-refractivity contribution is 7.09. The SMILES string of the molecule is c1ccc2c(NCCc3nccs3)nccc2c1. The lowest BCUT2D eigenvalue weighted by Gasteiger charge is -2.07. The smallest absolute Gasteiger partial charge is 0.133 e. The van der Waals surface area contributed by atoms with Gasteiger partial charge in [-0.3, -0.25) is 0 Å². The van der Waals surface area contributed by atoms with E-state index in [1.165, 1.54) is 10.8 Å². The first-order chi connectivity index (χ1) is 8.93. The van der Waals surface area contributed by atoms with Gasteiger partial charge in [0.05, 0.1) is 5.01 Å². The van der Waals surface area contributed by atoms with Crippen molar-refractivity contribution in [1.82, 2.24) is 9.97 Å². The van der Waals surface area contributed by atoms with E-state index in [2.05, 4.69) is 27.4 Å². The molecule has 0 aliphatic carbocycles. The van der Waals surface area contributed by atoms with E-state index in [-0.39, 0.29) is 0 Å². The van der Waals surface area contributed by atoms with Crippen LogP contribution in [0, 0.1) is 0 Å². The van der Waals surface area contributed by atoms with Gasteiger partial charge in [-0.2, -0.15) is 0 Å². The van der Waals surface area contributed by atoms with Gasteiger partial charge in [-0.1, -0.05) is 24.3 Å². The van der Waals surface area contributed by atoms with Crippen molar-refractivity contribution in [2.45, 2.75) is 6.42 Å². The Kier molecular flexibility index (Phi) is 3.19. The Balaban J connectivity index is 1.74.